The summed E-state index contributed by atoms with van der Waals surface area (Å²) in [5, 5.41) is 11.0. The van der Waals surface area contributed by atoms with Crippen molar-refractivity contribution in [3.63, 3.8) is 0 Å². The van der Waals surface area contributed by atoms with Gasteiger partial charge in [-0.25, -0.2) is 9.97 Å². The quantitative estimate of drug-likeness (QED) is 0.620. The molecular formula is C19H24N4O2S. The van der Waals surface area contributed by atoms with Crippen LogP contribution >= 0.6 is 11.3 Å². The minimum absolute atomic E-state index is 0.0441. The number of carbonyl (C=O) groups is 1. The lowest BCUT2D eigenvalue weighted by molar-refractivity contribution is 0.104. The van der Waals surface area contributed by atoms with E-state index in [1.165, 1.54) is 11.3 Å². The Hall–Kier alpha value is -2.25. The van der Waals surface area contributed by atoms with E-state index < -0.39 is 0 Å². The van der Waals surface area contributed by atoms with Crippen LogP contribution < -0.4 is 4.90 Å². The fourth-order valence-electron chi connectivity index (χ4n) is 3.08. The van der Waals surface area contributed by atoms with E-state index in [-0.39, 0.29) is 17.9 Å². The average Bonchev–Trinajstić information content (AvgIpc) is 3.15. The summed E-state index contributed by atoms with van der Waals surface area (Å²) >= 11 is 1.46. The highest BCUT2D eigenvalue weighted by atomic mass is 32.1. The zero-order valence-corrected chi connectivity index (χ0v) is 15.9. The molecule has 6 nitrogen and oxygen atoms in total. The summed E-state index contributed by atoms with van der Waals surface area (Å²) in [6.07, 6.45) is 5.78. The third-order valence-corrected chi connectivity index (χ3v) is 5.37. The van der Waals surface area contributed by atoms with Crippen LogP contribution in [0.15, 0.2) is 42.1 Å². The normalized spacial score (nSPS) is 17.0. The highest BCUT2D eigenvalue weighted by Gasteiger charge is 2.32. The molecule has 1 aliphatic heterocycles. The number of anilines is 1. The Bertz CT molecular complexity index is 774. The molecule has 2 aromatic rings. The lowest BCUT2D eigenvalue weighted by atomic mass is 9.99. The van der Waals surface area contributed by atoms with Crippen LogP contribution in [0.5, 0.6) is 0 Å². The summed E-state index contributed by atoms with van der Waals surface area (Å²) in [5.41, 5.74) is -0.132. The first-order valence-corrected chi connectivity index (χ1v) is 9.58. The number of rotatable bonds is 6. The summed E-state index contributed by atoms with van der Waals surface area (Å²) in [4.78, 5) is 26.1. The molecule has 3 heterocycles. The number of nitrogens with zero attached hydrogens (tertiary/aromatic N) is 4. The molecule has 138 valence electrons. The van der Waals surface area contributed by atoms with Crippen LogP contribution in [0.1, 0.15) is 29.3 Å². The Morgan fingerprint density at radius 3 is 2.92 bits per heavy atom. The molecule has 3 rings (SSSR count). The molecule has 0 atom stereocenters. The maximum absolute atomic E-state index is 12.2. The Morgan fingerprint density at radius 2 is 2.23 bits per heavy atom. The van der Waals surface area contributed by atoms with E-state index in [1.54, 1.807) is 12.3 Å². The monoisotopic (exact) mass is 372 g/mol. The minimum atomic E-state index is -0.132. The molecule has 2 aromatic heterocycles. The SMILES string of the molecule is CC1(C)CN(c2ccnc(CCO)n2)CCN1/C=C/C(=O)c1cccs1. The van der Waals surface area contributed by atoms with Crippen molar-refractivity contribution in [2.75, 3.05) is 31.1 Å². The number of carbonyl (C=O) groups excluding carboxylic acids is 1. The van der Waals surface area contributed by atoms with Crippen molar-refractivity contribution in [1.29, 1.82) is 0 Å². The molecule has 0 aliphatic carbocycles. The molecule has 0 aromatic carbocycles. The predicted molar refractivity (Wildman–Crippen MR) is 104 cm³/mol. The number of hydrogen-bond donors (Lipinski definition) is 1. The van der Waals surface area contributed by atoms with Crippen LogP contribution in [0, 0.1) is 0 Å². The number of allylic oxidation sites excluding steroid dienone is 1. The lowest BCUT2D eigenvalue weighted by Crippen LogP contribution is -2.57. The van der Waals surface area contributed by atoms with Crippen molar-refractivity contribution in [3.8, 4) is 0 Å². The number of aromatic nitrogens is 2. The summed E-state index contributed by atoms with van der Waals surface area (Å²) in [6, 6.07) is 5.64. The van der Waals surface area contributed by atoms with Gasteiger partial charge in [-0.3, -0.25) is 4.79 Å². The summed E-state index contributed by atoms with van der Waals surface area (Å²) in [7, 11) is 0. The first-order valence-electron chi connectivity index (χ1n) is 8.70. The molecule has 7 heteroatoms. The Balaban J connectivity index is 1.67. The zero-order valence-electron chi connectivity index (χ0n) is 15.1. The van der Waals surface area contributed by atoms with Crippen LogP contribution in [0.4, 0.5) is 5.82 Å². The molecule has 0 amide bonds. The zero-order chi connectivity index (χ0) is 18.6. The molecule has 0 unspecified atom stereocenters. The van der Waals surface area contributed by atoms with Gasteiger partial charge in [0.2, 0.25) is 0 Å². The number of hydrogen-bond acceptors (Lipinski definition) is 7. The van der Waals surface area contributed by atoms with E-state index in [2.05, 4.69) is 33.6 Å². The van der Waals surface area contributed by atoms with Crippen molar-refractivity contribution in [1.82, 2.24) is 14.9 Å². The highest BCUT2D eigenvalue weighted by molar-refractivity contribution is 7.12. The number of aliphatic hydroxyl groups is 1. The van der Waals surface area contributed by atoms with Gasteiger partial charge < -0.3 is 14.9 Å². The first-order chi connectivity index (χ1) is 12.5. The average molecular weight is 372 g/mol. The van der Waals surface area contributed by atoms with Gasteiger partial charge in [-0.2, -0.15) is 0 Å². The second-order valence-electron chi connectivity index (χ2n) is 6.89. The maximum atomic E-state index is 12.2. The Labute approximate surface area is 157 Å². The lowest BCUT2D eigenvalue weighted by Gasteiger charge is -2.47. The van der Waals surface area contributed by atoms with Crippen LogP contribution in [0.3, 0.4) is 0 Å². The topological polar surface area (TPSA) is 69.6 Å². The van der Waals surface area contributed by atoms with Crippen LogP contribution in [0.25, 0.3) is 0 Å². The van der Waals surface area contributed by atoms with E-state index in [0.29, 0.717) is 12.2 Å². The van der Waals surface area contributed by atoms with E-state index in [9.17, 15) is 4.79 Å². The fraction of sp³-hybridized carbons (Fsp3) is 0.421. The molecule has 0 saturated carbocycles. The van der Waals surface area contributed by atoms with Gasteiger partial charge in [0.05, 0.1) is 17.0 Å². The van der Waals surface area contributed by atoms with Crippen LogP contribution in [0.2, 0.25) is 0 Å². The van der Waals surface area contributed by atoms with Gasteiger partial charge in [0.25, 0.3) is 0 Å². The second kappa shape index (κ2) is 7.97. The van der Waals surface area contributed by atoms with Crippen molar-refractivity contribution >= 4 is 22.9 Å². The molecule has 1 aliphatic rings. The van der Waals surface area contributed by atoms with E-state index in [1.807, 2.05) is 29.8 Å². The van der Waals surface area contributed by atoms with Gasteiger partial charge in [-0.15, -0.1) is 11.3 Å². The van der Waals surface area contributed by atoms with Gasteiger partial charge >= 0.3 is 0 Å². The third-order valence-electron chi connectivity index (χ3n) is 4.49. The van der Waals surface area contributed by atoms with Crippen molar-refractivity contribution < 1.29 is 9.90 Å². The third kappa shape index (κ3) is 4.28. The first kappa shape index (κ1) is 18.5. The van der Waals surface area contributed by atoms with Gasteiger partial charge in [0, 0.05) is 44.5 Å². The standard InChI is InChI=1S/C19H24N4O2S/c1-19(2)14-22(18-5-8-20-17(21-18)7-12-24)10-11-23(19)9-6-15(25)16-4-3-13-26-16/h3-6,8-9,13,24H,7,10-12,14H2,1-2H3/b9-6+. The predicted octanol–water partition coefficient (Wildman–Crippen LogP) is 2.37. The molecule has 1 saturated heterocycles. The molecule has 0 radical (unpaired) electrons. The van der Waals surface area contributed by atoms with Gasteiger partial charge in [-0.05, 0) is 31.4 Å². The molecule has 1 fully saturated rings. The Kier molecular flexibility index (Phi) is 5.68. The smallest absolute Gasteiger partial charge is 0.197 e. The number of thiophene rings is 1. The van der Waals surface area contributed by atoms with Crippen molar-refractivity contribution in [2.45, 2.75) is 25.8 Å². The number of piperazine rings is 1. The van der Waals surface area contributed by atoms with E-state index in [4.69, 9.17) is 5.11 Å². The van der Waals surface area contributed by atoms with Crippen LogP contribution in [-0.4, -0.2) is 57.5 Å². The Morgan fingerprint density at radius 1 is 1.38 bits per heavy atom. The van der Waals surface area contributed by atoms with Gasteiger partial charge in [0.15, 0.2) is 5.78 Å². The van der Waals surface area contributed by atoms with Gasteiger partial charge in [-0.1, -0.05) is 6.07 Å². The summed E-state index contributed by atoms with van der Waals surface area (Å²) < 4.78 is 0. The molecule has 0 bridgehead atoms. The van der Waals surface area contributed by atoms with Crippen molar-refractivity contribution in [3.05, 3.63) is 52.8 Å². The number of aliphatic hydroxyl groups excluding tert-OH is 1. The molecule has 26 heavy (non-hydrogen) atoms. The second-order valence-corrected chi connectivity index (χ2v) is 7.84. The summed E-state index contributed by atoms with van der Waals surface area (Å²) in [5.74, 6) is 1.59. The summed E-state index contributed by atoms with van der Waals surface area (Å²) in [6.45, 7) is 6.78. The van der Waals surface area contributed by atoms with Crippen LogP contribution in [-0.2, 0) is 6.42 Å². The molecule has 0 spiro atoms. The molecular weight excluding hydrogens is 348 g/mol. The largest absolute Gasteiger partial charge is 0.396 e. The van der Waals surface area contributed by atoms with Crippen molar-refractivity contribution in [2.24, 2.45) is 0 Å². The van der Waals surface area contributed by atoms with E-state index in [0.717, 1.165) is 30.3 Å². The van der Waals surface area contributed by atoms with E-state index >= 15 is 0 Å². The number of ketones is 1. The fourth-order valence-corrected chi connectivity index (χ4v) is 3.73. The maximum Gasteiger partial charge on any atom is 0.197 e. The minimum Gasteiger partial charge on any atom is -0.396 e. The molecule has 1 N–H and O–H groups in total. The van der Waals surface area contributed by atoms with Gasteiger partial charge in [0.1, 0.15) is 11.6 Å². The highest BCUT2D eigenvalue weighted by Crippen LogP contribution is 2.25.